The van der Waals surface area contributed by atoms with Gasteiger partial charge in [-0.2, -0.15) is 0 Å². The Labute approximate surface area is 155 Å². The van der Waals surface area contributed by atoms with E-state index in [1.165, 1.54) is 0 Å². The summed E-state index contributed by atoms with van der Waals surface area (Å²) in [5.74, 6) is 0.176. The number of carbonyl (C=O) groups is 2. The summed E-state index contributed by atoms with van der Waals surface area (Å²) in [5, 5.41) is 0. The monoisotopic (exact) mass is 405 g/mol. The molecule has 0 aliphatic carbocycles. The number of rotatable bonds is 6. The summed E-state index contributed by atoms with van der Waals surface area (Å²) in [6.07, 6.45) is 5.49. The molecule has 0 saturated carbocycles. The highest BCUT2D eigenvalue weighted by atomic mass is 79.9. The van der Waals surface area contributed by atoms with Gasteiger partial charge in [-0.25, -0.2) is 9.13 Å². The van der Waals surface area contributed by atoms with E-state index in [9.17, 15) is 9.59 Å². The molecule has 25 heavy (non-hydrogen) atoms. The molecular weight excluding hydrogens is 384 g/mol. The third-order valence-corrected chi connectivity index (χ3v) is 5.33. The first-order valence-corrected chi connectivity index (χ1v) is 9.27. The molecular formula is C19H22BrN2O3+. The summed E-state index contributed by atoms with van der Waals surface area (Å²) < 4.78 is 10.1. The van der Waals surface area contributed by atoms with Gasteiger partial charge in [-0.05, 0) is 18.6 Å². The Kier molecular flexibility index (Phi) is 5.37. The number of benzene rings is 1. The smallest absolute Gasteiger partial charge is 0.309 e. The largest absolute Gasteiger partial charge is 0.465 e. The van der Waals surface area contributed by atoms with Gasteiger partial charge in [-0.1, -0.05) is 35.0 Å². The summed E-state index contributed by atoms with van der Waals surface area (Å²) >= 11 is 3.38. The highest BCUT2D eigenvalue weighted by molar-refractivity contribution is 9.10. The second-order valence-corrected chi connectivity index (χ2v) is 7.47. The van der Waals surface area contributed by atoms with Crippen LogP contribution in [-0.2, 0) is 29.5 Å². The third-order valence-electron chi connectivity index (χ3n) is 4.80. The average Bonchev–Trinajstić information content (AvgIpc) is 3.10. The van der Waals surface area contributed by atoms with Crippen molar-refractivity contribution in [1.29, 1.82) is 0 Å². The summed E-state index contributed by atoms with van der Waals surface area (Å²) in [5.41, 5.74) is 1.80. The molecule has 1 saturated heterocycles. The Morgan fingerprint density at radius 2 is 2.08 bits per heavy atom. The predicted molar refractivity (Wildman–Crippen MR) is 96.0 cm³/mol. The van der Waals surface area contributed by atoms with Crippen LogP contribution in [0.15, 0.2) is 41.3 Å². The van der Waals surface area contributed by atoms with Gasteiger partial charge in [0.15, 0.2) is 6.54 Å². The fraction of sp³-hybridized carbons (Fsp3) is 0.421. The van der Waals surface area contributed by atoms with Gasteiger partial charge >= 0.3 is 5.97 Å². The van der Waals surface area contributed by atoms with Gasteiger partial charge in [0.05, 0.1) is 19.6 Å². The second kappa shape index (κ2) is 7.52. The van der Waals surface area contributed by atoms with Gasteiger partial charge in [0, 0.05) is 22.4 Å². The first-order valence-electron chi connectivity index (χ1n) is 8.47. The van der Waals surface area contributed by atoms with Gasteiger partial charge in [-0.15, -0.1) is 0 Å². The van der Waals surface area contributed by atoms with Crippen LogP contribution in [0.5, 0.6) is 0 Å². The van der Waals surface area contributed by atoms with Crippen molar-refractivity contribution in [3.63, 3.8) is 0 Å². The molecule has 1 fully saturated rings. The summed E-state index contributed by atoms with van der Waals surface area (Å²) in [7, 11) is 1.97. The minimum absolute atomic E-state index is 0.0206. The normalized spacial score (nSPS) is 19.9. The lowest BCUT2D eigenvalue weighted by atomic mass is 9.89. The maximum atomic E-state index is 12.4. The van der Waals surface area contributed by atoms with E-state index in [2.05, 4.69) is 15.9 Å². The van der Waals surface area contributed by atoms with Gasteiger partial charge in [0.2, 0.25) is 12.1 Å². The number of Topliss-reactive ketones (excluding diaryl/α,β-unsaturated/α-hetero) is 1. The van der Waals surface area contributed by atoms with E-state index >= 15 is 0 Å². The third kappa shape index (κ3) is 4.00. The number of esters is 1. The van der Waals surface area contributed by atoms with Crippen molar-refractivity contribution >= 4 is 27.7 Å². The number of aryl methyl sites for hydroxylation is 1. The Hall–Kier alpha value is -1.95. The van der Waals surface area contributed by atoms with Crippen LogP contribution in [0.1, 0.15) is 29.4 Å². The van der Waals surface area contributed by atoms with E-state index in [-0.39, 0.29) is 23.6 Å². The molecule has 1 aliphatic rings. The highest BCUT2D eigenvalue weighted by Gasteiger charge is 2.36. The lowest BCUT2D eigenvalue weighted by Crippen LogP contribution is -2.35. The predicted octanol–water partition coefficient (Wildman–Crippen LogP) is 2.70. The van der Waals surface area contributed by atoms with Gasteiger partial charge < -0.3 is 4.74 Å². The van der Waals surface area contributed by atoms with Gasteiger partial charge in [-0.3, -0.25) is 9.59 Å². The number of nitrogens with zero attached hydrogens (tertiary/aromatic N) is 2. The van der Waals surface area contributed by atoms with E-state index in [4.69, 9.17) is 4.74 Å². The van der Waals surface area contributed by atoms with Crippen LogP contribution in [0.25, 0.3) is 0 Å². The molecule has 3 rings (SSSR count). The number of carbonyl (C=O) groups excluding carboxylic acids is 2. The molecule has 0 bridgehead atoms. The fourth-order valence-corrected chi connectivity index (χ4v) is 3.63. The molecule has 2 aromatic rings. The van der Waals surface area contributed by atoms with Crippen LogP contribution in [-0.4, -0.2) is 22.9 Å². The lowest BCUT2D eigenvalue weighted by Gasteiger charge is -2.10. The fourth-order valence-electron chi connectivity index (χ4n) is 3.36. The Balaban J connectivity index is 1.69. The number of ether oxygens (including phenoxy) is 1. The van der Waals surface area contributed by atoms with Crippen molar-refractivity contribution in [1.82, 2.24) is 4.57 Å². The standard InChI is InChI=1S/C19H22BrN2O3/c1-3-17-14(11-25-19(17)24)8-16-9-22(12-21(16)2)10-18(23)13-4-6-15(20)7-5-13/h4-7,9,12,14,17H,3,8,10-11H2,1-2H3/q+1. The van der Waals surface area contributed by atoms with Crippen LogP contribution < -0.4 is 4.57 Å². The SMILES string of the molecule is CCC1C(=O)OCC1Cc1c[n+](CC(=O)c2ccc(Br)cc2)cn1C. The number of imidazole rings is 1. The summed E-state index contributed by atoms with van der Waals surface area (Å²) in [4.78, 5) is 24.2. The van der Waals surface area contributed by atoms with Crippen LogP contribution >= 0.6 is 15.9 Å². The van der Waals surface area contributed by atoms with E-state index in [1.807, 2.05) is 59.9 Å². The first kappa shape index (κ1) is 17.9. The van der Waals surface area contributed by atoms with Crippen molar-refractivity contribution in [2.45, 2.75) is 26.3 Å². The Bertz CT molecular complexity index is 782. The molecule has 0 N–H and O–H groups in total. The maximum Gasteiger partial charge on any atom is 0.309 e. The van der Waals surface area contributed by atoms with Crippen LogP contribution in [0, 0.1) is 11.8 Å². The van der Waals surface area contributed by atoms with Crippen molar-refractivity contribution in [2.24, 2.45) is 18.9 Å². The molecule has 1 aliphatic heterocycles. The van der Waals surface area contributed by atoms with Crippen LogP contribution in [0.4, 0.5) is 0 Å². The average molecular weight is 406 g/mol. The summed E-state index contributed by atoms with van der Waals surface area (Å²) in [6.45, 7) is 2.80. The Morgan fingerprint density at radius 3 is 2.76 bits per heavy atom. The minimum atomic E-state index is -0.0833. The molecule has 132 valence electrons. The number of aromatic nitrogens is 2. The molecule has 2 unspecified atom stereocenters. The summed E-state index contributed by atoms with van der Waals surface area (Å²) in [6, 6.07) is 7.39. The first-order chi connectivity index (χ1) is 12.0. The van der Waals surface area contributed by atoms with E-state index in [0.717, 1.165) is 23.0 Å². The molecule has 2 heterocycles. The quantitative estimate of drug-likeness (QED) is 0.421. The number of cyclic esters (lactones) is 1. The minimum Gasteiger partial charge on any atom is -0.465 e. The molecule has 1 aromatic carbocycles. The zero-order chi connectivity index (χ0) is 18.0. The molecule has 0 radical (unpaired) electrons. The topological polar surface area (TPSA) is 52.2 Å². The van der Waals surface area contributed by atoms with Crippen molar-refractivity contribution < 1.29 is 18.9 Å². The Morgan fingerprint density at radius 1 is 1.36 bits per heavy atom. The molecule has 2 atom stereocenters. The number of hydrogen-bond donors (Lipinski definition) is 0. The van der Waals surface area contributed by atoms with Gasteiger partial charge in [0.1, 0.15) is 11.9 Å². The van der Waals surface area contributed by atoms with E-state index in [0.29, 0.717) is 18.7 Å². The van der Waals surface area contributed by atoms with Gasteiger partial charge in [0.25, 0.3) is 0 Å². The molecule has 6 heteroatoms. The second-order valence-electron chi connectivity index (χ2n) is 6.56. The molecule has 0 spiro atoms. The zero-order valence-electron chi connectivity index (χ0n) is 14.4. The maximum absolute atomic E-state index is 12.4. The van der Waals surface area contributed by atoms with Crippen LogP contribution in [0.2, 0.25) is 0 Å². The molecule has 5 nitrogen and oxygen atoms in total. The lowest BCUT2D eigenvalue weighted by molar-refractivity contribution is -0.682. The number of halogens is 1. The highest BCUT2D eigenvalue weighted by Crippen LogP contribution is 2.27. The van der Waals surface area contributed by atoms with Crippen molar-refractivity contribution in [3.8, 4) is 0 Å². The number of ketones is 1. The molecule has 1 aromatic heterocycles. The van der Waals surface area contributed by atoms with Crippen LogP contribution in [0.3, 0.4) is 0 Å². The van der Waals surface area contributed by atoms with Crippen molar-refractivity contribution in [2.75, 3.05) is 6.61 Å². The molecule has 0 amide bonds. The van der Waals surface area contributed by atoms with Crippen molar-refractivity contribution in [3.05, 3.63) is 52.5 Å². The van der Waals surface area contributed by atoms with E-state index < -0.39 is 0 Å². The van der Waals surface area contributed by atoms with E-state index in [1.54, 1.807) is 0 Å². The zero-order valence-corrected chi connectivity index (χ0v) is 16.0. The number of hydrogen-bond acceptors (Lipinski definition) is 3.